The van der Waals surface area contributed by atoms with E-state index >= 15 is 0 Å². The molecule has 4 fully saturated rings. The van der Waals surface area contributed by atoms with Gasteiger partial charge in [-0.2, -0.15) is 0 Å². The van der Waals surface area contributed by atoms with Gasteiger partial charge in [0.25, 0.3) is 0 Å². The van der Waals surface area contributed by atoms with Crippen LogP contribution in [0.3, 0.4) is 0 Å². The standard InChI is InChI=1S/C39H43N2/c1-22-11-31-30-8-7-24(18-38(3,4)5)15-32(30)41-33-17-29(39-19-25-12-26(20-39)14-27(13-25)21-39)16-28-9-10-40(6)37(35(28)33)34(23(22)2)36(31)41/h7-11,15-17,25-27H,12-14,18-21H2,1-6H3/q+1. The van der Waals surface area contributed by atoms with Gasteiger partial charge in [0.15, 0.2) is 6.20 Å². The van der Waals surface area contributed by atoms with E-state index in [1.54, 1.807) is 5.56 Å². The third-order valence-electron chi connectivity index (χ3n) is 11.7. The van der Waals surface area contributed by atoms with Gasteiger partial charge in [-0.05, 0) is 139 Å². The van der Waals surface area contributed by atoms with Crippen molar-refractivity contribution in [3.8, 4) is 0 Å². The molecule has 0 amide bonds. The quantitative estimate of drug-likeness (QED) is 0.118. The molecule has 0 atom stereocenters. The zero-order chi connectivity index (χ0) is 28.0. The van der Waals surface area contributed by atoms with Crippen molar-refractivity contribution in [2.45, 2.75) is 85.0 Å². The maximum atomic E-state index is 2.69. The smallest absolute Gasteiger partial charge is 0.224 e. The van der Waals surface area contributed by atoms with Gasteiger partial charge < -0.3 is 4.40 Å². The molecule has 10 rings (SSSR count). The monoisotopic (exact) mass is 539 g/mol. The summed E-state index contributed by atoms with van der Waals surface area (Å²) in [7, 11) is 2.25. The highest BCUT2D eigenvalue weighted by molar-refractivity contribution is 6.26. The molecule has 0 saturated heterocycles. The highest BCUT2D eigenvalue weighted by atomic mass is 15.0. The Morgan fingerprint density at radius 1 is 0.829 bits per heavy atom. The van der Waals surface area contributed by atoms with Crippen molar-refractivity contribution in [1.29, 1.82) is 0 Å². The number of rotatable bonds is 2. The second-order valence-corrected chi connectivity index (χ2v) is 15.9. The largest absolute Gasteiger partial charge is 0.307 e. The van der Waals surface area contributed by atoms with Crippen LogP contribution in [-0.4, -0.2) is 4.40 Å². The minimum Gasteiger partial charge on any atom is -0.307 e. The SMILES string of the molecule is Cc1cc2c3ccc(CC(C)(C)C)cc3n3c4cc(C56CC7CC(CC(C7)C5)C6)cc5cc[n+](C)c(c(c1C)c23)c54. The lowest BCUT2D eigenvalue weighted by Crippen LogP contribution is -2.48. The maximum absolute atomic E-state index is 2.69. The molecule has 0 N–H and O–H groups in total. The Kier molecular flexibility index (Phi) is 4.67. The average molecular weight is 540 g/mol. The van der Waals surface area contributed by atoms with E-state index in [0.29, 0.717) is 5.41 Å². The summed E-state index contributed by atoms with van der Waals surface area (Å²) in [5.74, 6) is 2.84. The van der Waals surface area contributed by atoms with Gasteiger partial charge in [-0.15, -0.1) is 0 Å². The highest BCUT2D eigenvalue weighted by Crippen LogP contribution is 2.61. The molecule has 41 heavy (non-hydrogen) atoms. The van der Waals surface area contributed by atoms with Gasteiger partial charge in [0.05, 0.1) is 27.3 Å². The molecule has 4 aliphatic rings. The lowest BCUT2D eigenvalue weighted by Gasteiger charge is -2.57. The van der Waals surface area contributed by atoms with Gasteiger partial charge >= 0.3 is 0 Å². The van der Waals surface area contributed by atoms with E-state index in [-0.39, 0.29) is 5.41 Å². The van der Waals surface area contributed by atoms with Gasteiger partial charge in [0, 0.05) is 16.8 Å². The first kappa shape index (κ1) is 24.5. The summed E-state index contributed by atoms with van der Waals surface area (Å²) in [4.78, 5) is 0. The number of hydrogen-bond acceptors (Lipinski definition) is 0. The summed E-state index contributed by atoms with van der Waals surface area (Å²) in [6.45, 7) is 11.7. The number of aryl methyl sites for hydroxylation is 3. The third kappa shape index (κ3) is 3.28. The Bertz CT molecular complexity index is 2030. The van der Waals surface area contributed by atoms with E-state index in [9.17, 15) is 0 Å². The van der Waals surface area contributed by atoms with E-state index in [1.165, 1.54) is 104 Å². The van der Waals surface area contributed by atoms with Crippen molar-refractivity contribution in [1.82, 2.24) is 4.40 Å². The molecule has 3 heterocycles. The Hall–Kier alpha value is -3.13. The molecule has 0 spiro atoms. The molecule has 4 saturated carbocycles. The first-order valence-electron chi connectivity index (χ1n) is 16.1. The molecule has 0 aliphatic heterocycles. The zero-order valence-corrected chi connectivity index (χ0v) is 25.7. The zero-order valence-electron chi connectivity index (χ0n) is 25.7. The average Bonchev–Trinajstić information content (AvgIpc) is 3.21. The minimum atomic E-state index is 0.256. The van der Waals surface area contributed by atoms with Crippen molar-refractivity contribution in [2.75, 3.05) is 0 Å². The predicted molar refractivity (Wildman–Crippen MR) is 172 cm³/mol. The van der Waals surface area contributed by atoms with Crippen LogP contribution in [0, 0.1) is 37.0 Å². The van der Waals surface area contributed by atoms with Crippen LogP contribution in [0.5, 0.6) is 0 Å². The van der Waals surface area contributed by atoms with E-state index < -0.39 is 0 Å². The number of benzene rings is 3. The van der Waals surface area contributed by atoms with Crippen LogP contribution in [0.15, 0.2) is 48.7 Å². The number of hydrogen-bond donors (Lipinski definition) is 0. The van der Waals surface area contributed by atoms with Crippen LogP contribution >= 0.6 is 0 Å². The Morgan fingerprint density at radius 2 is 1.54 bits per heavy atom. The second kappa shape index (κ2) is 7.82. The highest BCUT2D eigenvalue weighted by Gasteiger charge is 2.51. The predicted octanol–water partition coefficient (Wildman–Crippen LogP) is 9.49. The summed E-state index contributed by atoms with van der Waals surface area (Å²) in [5, 5.41) is 7.09. The lowest BCUT2D eigenvalue weighted by molar-refractivity contribution is -0.643. The molecule has 4 aliphatic carbocycles. The van der Waals surface area contributed by atoms with Gasteiger partial charge in [0.2, 0.25) is 5.52 Å². The van der Waals surface area contributed by atoms with Crippen LogP contribution in [0.4, 0.5) is 0 Å². The number of pyridine rings is 2. The molecule has 6 aromatic rings. The van der Waals surface area contributed by atoms with Gasteiger partial charge in [0.1, 0.15) is 7.05 Å². The first-order chi connectivity index (χ1) is 19.6. The van der Waals surface area contributed by atoms with Crippen molar-refractivity contribution >= 4 is 49.0 Å². The lowest BCUT2D eigenvalue weighted by atomic mass is 9.48. The van der Waals surface area contributed by atoms with E-state index in [2.05, 4.69) is 99.3 Å². The van der Waals surface area contributed by atoms with E-state index in [0.717, 1.165) is 24.2 Å². The summed E-state index contributed by atoms with van der Waals surface area (Å²) in [6, 6.07) is 17.5. The second-order valence-electron chi connectivity index (χ2n) is 15.9. The summed E-state index contributed by atoms with van der Waals surface area (Å²) < 4.78 is 5.08. The van der Waals surface area contributed by atoms with E-state index in [1.807, 2.05) is 0 Å². The Labute approximate surface area is 243 Å². The van der Waals surface area contributed by atoms with Gasteiger partial charge in [-0.1, -0.05) is 32.9 Å². The topological polar surface area (TPSA) is 8.29 Å². The van der Waals surface area contributed by atoms with Crippen molar-refractivity contribution in [2.24, 2.45) is 30.2 Å². The minimum absolute atomic E-state index is 0.256. The third-order valence-corrected chi connectivity index (χ3v) is 11.7. The van der Waals surface area contributed by atoms with E-state index in [4.69, 9.17) is 0 Å². The number of nitrogens with zero attached hydrogens (tertiary/aromatic N) is 2. The maximum Gasteiger partial charge on any atom is 0.224 e. The van der Waals surface area contributed by atoms with Crippen molar-refractivity contribution in [3.05, 3.63) is 70.9 Å². The van der Waals surface area contributed by atoms with Crippen LogP contribution < -0.4 is 4.57 Å². The number of aromatic nitrogens is 2. The van der Waals surface area contributed by atoms with Crippen LogP contribution in [0.1, 0.15) is 81.5 Å². The van der Waals surface area contributed by atoms with Gasteiger partial charge in [-0.3, -0.25) is 0 Å². The fraction of sp³-hybridized carbons (Fsp3) is 0.462. The molecule has 3 aromatic carbocycles. The van der Waals surface area contributed by atoms with Crippen LogP contribution in [-0.2, 0) is 18.9 Å². The van der Waals surface area contributed by atoms with Gasteiger partial charge in [-0.25, -0.2) is 4.57 Å². The summed E-state index contributed by atoms with van der Waals surface area (Å²) in [5.41, 5.74) is 12.1. The summed E-state index contributed by atoms with van der Waals surface area (Å²) >= 11 is 0. The molecule has 4 bridgehead atoms. The van der Waals surface area contributed by atoms with Crippen molar-refractivity contribution in [3.63, 3.8) is 0 Å². The molecule has 0 radical (unpaired) electrons. The number of fused-ring (bicyclic) bond motifs is 5. The molecule has 2 heteroatoms. The molecular formula is C39H43N2+. The van der Waals surface area contributed by atoms with Crippen molar-refractivity contribution < 1.29 is 4.57 Å². The molecule has 2 nitrogen and oxygen atoms in total. The molecule has 0 unspecified atom stereocenters. The van der Waals surface area contributed by atoms with Crippen LogP contribution in [0.2, 0.25) is 0 Å². The fourth-order valence-corrected chi connectivity index (χ4v) is 10.4. The molecule has 3 aromatic heterocycles. The first-order valence-corrected chi connectivity index (χ1v) is 16.1. The summed E-state index contributed by atoms with van der Waals surface area (Å²) in [6.07, 6.45) is 12.1. The molecule has 208 valence electrons. The Morgan fingerprint density at radius 3 is 2.22 bits per heavy atom. The Balaban J connectivity index is 1.46. The fourth-order valence-electron chi connectivity index (χ4n) is 10.4. The van der Waals surface area contributed by atoms with Crippen LogP contribution in [0.25, 0.3) is 49.0 Å². The normalized spacial score (nSPS) is 26.1. The molecular weight excluding hydrogens is 496 g/mol.